The summed E-state index contributed by atoms with van der Waals surface area (Å²) in [4.78, 5) is 2.60. The Morgan fingerprint density at radius 3 is 2.67 bits per heavy atom. The van der Waals surface area contributed by atoms with Crippen molar-refractivity contribution in [2.45, 2.75) is 58.0 Å². The Kier molecular flexibility index (Phi) is 6.72. The number of hydrogen-bond acceptors (Lipinski definition) is 2. The van der Waals surface area contributed by atoms with Gasteiger partial charge in [0.2, 0.25) is 0 Å². The van der Waals surface area contributed by atoms with Crippen LogP contribution in [0.25, 0.3) is 0 Å². The molecule has 0 aliphatic heterocycles. The largest absolute Gasteiger partial charge is 0.310 e. The Morgan fingerprint density at radius 1 is 1.24 bits per heavy atom. The third kappa shape index (κ3) is 5.12. The van der Waals surface area contributed by atoms with Crippen LogP contribution in [0.4, 0.5) is 0 Å². The quantitative estimate of drug-likeness (QED) is 0.807. The molecule has 118 valence electrons. The van der Waals surface area contributed by atoms with E-state index in [1.165, 1.54) is 44.2 Å². The van der Waals surface area contributed by atoms with Crippen LogP contribution in [0.1, 0.15) is 57.6 Å². The van der Waals surface area contributed by atoms with Crippen LogP contribution < -0.4 is 5.32 Å². The summed E-state index contributed by atoms with van der Waals surface area (Å²) in [6.45, 7) is 6.82. The molecule has 1 N–H and O–H groups in total. The van der Waals surface area contributed by atoms with Gasteiger partial charge in [-0.2, -0.15) is 0 Å². The minimum Gasteiger partial charge on any atom is -0.310 e. The first-order chi connectivity index (χ1) is 10.2. The molecule has 1 aromatic rings. The Hall–Kier alpha value is -0.860. The third-order valence-corrected chi connectivity index (χ3v) is 4.96. The van der Waals surface area contributed by atoms with Gasteiger partial charge in [-0.15, -0.1) is 0 Å². The molecular weight excluding hydrogens is 256 g/mol. The lowest BCUT2D eigenvalue weighted by atomic mass is 9.86. The van der Waals surface area contributed by atoms with E-state index in [0.29, 0.717) is 6.04 Å². The van der Waals surface area contributed by atoms with Crippen molar-refractivity contribution in [2.24, 2.45) is 5.92 Å². The lowest BCUT2D eigenvalue weighted by molar-refractivity contribution is 0.158. The minimum absolute atomic E-state index is 0.486. The van der Waals surface area contributed by atoms with E-state index < -0.39 is 0 Å². The van der Waals surface area contributed by atoms with E-state index in [-0.39, 0.29) is 0 Å². The Bertz CT molecular complexity index is 390. The van der Waals surface area contributed by atoms with E-state index in [9.17, 15) is 0 Å². The maximum Gasteiger partial charge on any atom is 0.0332 e. The fraction of sp³-hybridized carbons (Fsp3) is 0.684. The number of rotatable bonds is 7. The molecule has 1 aliphatic carbocycles. The van der Waals surface area contributed by atoms with E-state index in [1.54, 1.807) is 0 Å². The molecule has 3 atom stereocenters. The van der Waals surface area contributed by atoms with Gasteiger partial charge >= 0.3 is 0 Å². The molecule has 0 aromatic heterocycles. The van der Waals surface area contributed by atoms with E-state index in [2.05, 4.69) is 61.4 Å². The summed E-state index contributed by atoms with van der Waals surface area (Å²) in [6.07, 6.45) is 6.80. The Morgan fingerprint density at radius 2 is 2.00 bits per heavy atom. The summed E-state index contributed by atoms with van der Waals surface area (Å²) < 4.78 is 0. The van der Waals surface area contributed by atoms with Crippen LogP contribution in [0.3, 0.4) is 0 Å². The van der Waals surface area contributed by atoms with Crippen molar-refractivity contribution >= 4 is 0 Å². The molecule has 2 rings (SSSR count). The van der Waals surface area contributed by atoms with Crippen molar-refractivity contribution in [1.82, 2.24) is 10.2 Å². The van der Waals surface area contributed by atoms with Crippen LogP contribution in [0, 0.1) is 5.92 Å². The van der Waals surface area contributed by atoms with Crippen LogP contribution in [-0.2, 0) is 0 Å². The summed E-state index contributed by atoms with van der Waals surface area (Å²) in [5.41, 5.74) is 1.42. The van der Waals surface area contributed by atoms with Crippen molar-refractivity contribution in [2.75, 3.05) is 20.1 Å². The molecule has 1 fully saturated rings. The lowest BCUT2D eigenvalue weighted by Crippen LogP contribution is -2.37. The van der Waals surface area contributed by atoms with Crippen LogP contribution in [0.5, 0.6) is 0 Å². The third-order valence-electron chi connectivity index (χ3n) is 4.96. The van der Waals surface area contributed by atoms with Crippen LogP contribution in [0.2, 0.25) is 0 Å². The van der Waals surface area contributed by atoms with Crippen molar-refractivity contribution < 1.29 is 0 Å². The fourth-order valence-corrected chi connectivity index (χ4v) is 3.64. The predicted octanol–water partition coefficient (Wildman–Crippen LogP) is 4.24. The van der Waals surface area contributed by atoms with Crippen molar-refractivity contribution in [3.05, 3.63) is 35.9 Å². The molecule has 0 saturated heterocycles. The van der Waals surface area contributed by atoms with Crippen LogP contribution >= 0.6 is 0 Å². The second kappa shape index (κ2) is 8.55. The van der Waals surface area contributed by atoms with Gasteiger partial charge in [0.1, 0.15) is 0 Å². The van der Waals surface area contributed by atoms with Gasteiger partial charge in [-0.1, -0.05) is 57.0 Å². The highest BCUT2D eigenvalue weighted by molar-refractivity contribution is 5.18. The number of nitrogens with one attached hydrogen (secondary N) is 1. The van der Waals surface area contributed by atoms with Crippen LogP contribution in [-0.4, -0.2) is 31.1 Å². The zero-order chi connectivity index (χ0) is 15.1. The summed E-state index contributed by atoms with van der Waals surface area (Å²) in [6, 6.07) is 12.2. The highest BCUT2D eigenvalue weighted by atomic mass is 15.1. The number of benzene rings is 1. The molecule has 1 aromatic carbocycles. The standard InChI is InChI=1S/C19H32N2/c1-4-20-19(17-10-6-5-7-11-17)13-14-21(3)18-12-8-9-16(2)15-18/h5-7,10-11,16,18-20H,4,8-9,12-15H2,1-3H3. The van der Waals surface area contributed by atoms with Gasteiger partial charge in [-0.25, -0.2) is 0 Å². The average Bonchev–Trinajstić information content (AvgIpc) is 2.52. The monoisotopic (exact) mass is 288 g/mol. The molecule has 2 nitrogen and oxygen atoms in total. The number of hydrogen-bond donors (Lipinski definition) is 1. The second-order valence-corrected chi connectivity index (χ2v) is 6.72. The summed E-state index contributed by atoms with van der Waals surface area (Å²) >= 11 is 0. The molecule has 21 heavy (non-hydrogen) atoms. The molecule has 1 aliphatic rings. The predicted molar refractivity (Wildman–Crippen MR) is 91.5 cm³/mol. The Balaban J connectivity index is 1.86. The fourth-order valence-electron chi connectivity index (χ4n) is 3.64. The van der Waals surface area contributed by atoms with Crippen LogP contribution in [0.15, 0.2) is 30.3 Å². The van der Waals surface area contributed by atoms with E-state index in [0.717, 1.165) is 18.5 Å². The van der Waals surface area contributed by atoms with E-state index in [4.69, 9.17) is 0 Å². The van der Waals surface area contributed by atoms with Gasteiger partial charge in [-0.05, 0) is 50.9 Å². The molecule has 0 radical (unpaired) electrons. The summed E-state index contributed by atoms with van der Waals surface area (Å²) in [5.74, 6) is 0.907. The molecular formula is C19H32N2. The first-order valence-corrected chi connectivity index (χ1v) is 8.69. The van der Waals surface area contributed by atoms with Gasteiger partial charge in [0, 0.05) is 12.1 Å². The van der Waals surface area contributed by atoms with Gasteiger partial charge in [0.25, 0.3) is 0 Å². The van der Waals surface area contributed by atoms with Gasteiger partial charge in [0.05, 0.1) is 0 Å². The highest BCUT2D eigenvalue weighted by Gasteiger charge is 2.22. The van der Waals surface area contributed by atoms with E-state index >= 15 is 0 Å². The SMILES string of the molecule is CCNC(CCN(C)C1CCCC(C)C1)c1ccccc1. The first kappa shape index (κ1) is 16.5. The maximum absolute atomic E-state index is 3.64. The average molecular weight is 288 g/mol. The molecule has 0 amide bonds. The van der Waals surface area contributed by atoms with Gasteiger partial charge in [0.15, 0.2) is 0 Å². The highest BCUT2D eigenvalue weighted by Crippen LogP contribution is 2.27. The topological polar surface area (TPSA) is 15.3 Å². The van der Waals surface area contributed by atoms with E-state index in [1.807, 2.05) is 0 Å². The second-order valence-electron chi connectivity index (χ2n) is 6.72. The molecule has 0 spiro atoms. The van der Waals surface area contributed by atoms with Crippen molar-refractivity contribution in [1.29, 1.82) is 0 Å². The summed E-state index contributed by atoms with van der Waals surface area (Å²) in [5, 5.41) is 3.64. The normalized spacial score (nSPS) is 24.2. The molecule has 3 unspecified atom stereocenters. The van der Waals surface area contributed by atoms with Crippen molar-refractivity contribution in [3.63, 3.8) is 0 Å². The smallest absolute Gasteiger partial charge is 0.0332 e. The first-order valence-electron chi connectivity index (χ1n) is 8.69. The maximum atomic E-state index is 3.64. The molecule has 2 heteroatoms. The number of nitrogens with zero attached hydrogens (tertiary/aromatic N) is 1. The van der Waals surface area contributed by atoms with Gasteiger partial charge in [-0.3, -0.25) is 0 Å². The lowest BCUT2D eigenvalue weighted by Gasteiger charge is -2.35. The minimum atomic E-state index is 0.486. The summed E-state index contributed by atoms with van der Waals surface area (Å²) in [7, 11) is 2.32. The molecule has 0 heterocycles. The molecule has 0 bridgehead atoms. The van der Waals surface area contributed by atoms with Crippen molar-refractivity contribution in [3.8, 4) is 0 Å². The zero-order valence-electron chi connectivity index (χ0n) is 14.0. The zero-order valence-corrected chi connectivity index (χ0v) is 14.0. The molecule has 1 saturated carbocycles. The van der Waals surface area contributed by atoms with Gasteiger partial charge < -0.3 is 10.2 Å². The Labute approximate surface area is 130 Å².